The summed E-state index contributed by atoms with van der Waals surface area (Å²) in [6.45, 7) is 2.20. The van der Waals surface area contributed by atoms with E-state index in [1.54, 1.807) is 6.07 Å². The molecule has 0 amide bonds. The molecular weight excluding hydrogens is 216 g/mol. The SMILES string of the molecule is CC1CCCC(OC(=O)c2cncc(N)c2)C1. The number of anilines is 1. The fraction of sp³-hybridized carbons (Fsp3) is 0.538. The van der Waals surface area contributed by atoms with Gasteiger partial charge in [-0.05, 0) is 31.2 Å². The second kappa shape index (κ2) is 5.17. The Morgan fingerprint density at radius 3 is 3.00 bits per heavy atom. The van der Waals surface area contributed by atoms with Crippen molar-refractivity contribution in [3.8, 4) is 0 Å². The Balaban J connectivity index is 1.97. The lowest BCUT2D eigenvalue weighted by Crippen LogP contribution is -2.24. The van der Waals surface area contributed by atoms with Crippen LogP contribution in [0, 0.1) is 5.92 Å². The molecule has 2 unspecified atom stereocenters. The summed E-state index contributed by atoms with van der Waals surface area (Å²) in [7, 11) is 0. The Bertz CT molecular complexity index is 406. The molecule has 92 valence electrons. The highest BCUT2D eigenvalue weighted by Gasteiger charge is 2.22. The zero-order valence-corrected chi connectivity index (χ0v) is 10.1. The van der Waals surface area contributed by atoms with Gasteiger partial charge in [-0.25, -0.2) is 4.79 Å². The van der Waals surface area contributed by atoms with Crippen molar-refractivity contribution in [2.24, 2.45) is 5.92 Å². The van der Waals surface area contributed by atoms with Crippen LogP contribution in [0.1, 0.15) is 43.0 Å². The zero-order valence-electron chi connectivity index (χ0n) is 10.1. The van der Waals surface area contributed by atoms with E-state index in [4.69, 9.17) is 10.5 Å². The second-order valence-corrected chi connectivity index (χ2v) is 4.81. The fourth-order valence-electron chi connectivity index (χ4n) is 2.27. The molecule has 0 radical (unpaired) electrons. The number of esters is 1. The summed E-state index contributed by atoms with van der Waals surface area (Å²) in [6.07, 6.45) is 7.34. The van der Waals surface area contributed by atoms with Crippen molar-refractivity contribution in [2.45, 2.75) is 38.7 Å². The minimum absolute atomic E-state index is 0.0488. The van der Waals surface area contributed by atoms with E-state index in [-0.39, 0.29) is 12.1 Å². The number of rotatable bonds is 2. The van der Waals surface area contributed by atoms with Crippen molar-refractivity contribution in [3.05, 3.63) is 24.0 Å². The molecule has 1 aromatic heterocycles. The van der Waals surface area contributed by atoms with E-state index in [0.717, 1.165) is 19.3 Å². The van der Waals surface area contributed by atoms with Gasteiger partial charge in [0.2, 0.25) is 0 Å². The molecule has 1 fully saturated rings. The van der Waals surface area contributed by atoms with Gasteiger partial charge in [0.05, 0.1) is 11.3 Å². The standard InChI is InChI=1S/C13H18N2O2/c1-9-3-2-4-12(5-9)17-13(16)10-6-11(14)8-15-7-10/h6-9,12H,2-5,14H2,1H3. The highest BCUT2D eigenvalue weighted by molar-refractivity contribution is 5.90. The van der Waals surface area contributed by atoms with Gasteiger partial charge in [-0.2, -0.15) is 0 Å². The molecule has 1 aromatic rings. The molecule has 1 aliphatic rings. The molecule has 0 aromatic carbocycles. The molecule has 0 spiro atoms. The normalized spacial score (nSPS) is 24.3. The van der Waals surface area contributed by atoms with Crippen LogP contribution >= 0.6 is 0 Å². The van der Waals surface area contributed by atoms with E-state index >= 15 is 0 Å². The summed E-state index contributed by atoms with van der Waals surface area (Å²) in [5, 5.41) is 0. The van der Waals surface area contributed by atoms with E-state index in [9.17, 15) is 4.79 Å². The average Bonchev–Trinajstić information content (AvgIpc) is 2.29. The maximum absolute atomic E-state index is 11.9. The predicted molar refractivity (Wildman–Crippen MR) is 65.5 cm³/mol. The quantitative estimate of drug-likeness (QED) is 0.798. The third kappa shape index (κ3) is 3.19. The highest BCUT2D eigenvalue weighted by atomic mass is 16.5. The van der Waals surface area contributed by atoms with Crippen LogP contribution < -0.4 is 5.73 Å². The predicted octanol–water partition coefficient (Wildman–Crippen LogP) is 2.40. The number of hydrogen-bond acceptors (Lipinski definition) is 4. The van der Waals surface area contributed by atoms with Gasteiger partial charge in [-0.1, -0.05) is 13.3 Å². The molecule has 2 N–H and O–H groups in total. The first-order chi connectivity index (χ1) is 8.15. The smallest absolute Gasteiger partial charge is 0.340 e. The number of aromatic nitrogens is 1. The Morgan fingerprint density at radius 2 is 2.29 bits per heavy atom. The fourth-order valence-corrected chi connectivity index (χ4v) is 2.27. The molecule has 17 heavy (non-hydrogen) atoms. The van der Waals surface area contributed by atoms with Crippen molar-refractivity contribution in [3.63, 3.8) is 0 Å². The Labute approximate surface area is 101 Å². The van der Waals surface area contributed by atoms with Crippen molar-refractivity contribution in [2.75, 3.05) is 5.73 Å². The minimum atomic E-state index is -0.316. The maximum atomic E-state index is 11.9. The van der Waals surface area contributed by atoms with Crippen LogP contribution in [0.4, 0.5) is 5.69 Å². The van der Waals surface area contributed by atoms with Crippen LogP contribution in [0.25, 0.3) is 0 Å². The summed E-state index contributed by atoms with van der Waals surface area (Å²) in [5.74, 6) is 0.324. The first-order valence-corrected chi connectivity index (χ1v) is 6.06. The van der Waals surface area contributed by atoms with E-state index in [0.29, 0.717) is 17.2 Å². The van der Waals surface area contributed by atoms with E-state index < -0.39 is 0 Å². The number of ether oxygens (including phenoxy) is 1. The third-order valence-corrected chi connectivity index (χ3v) is 3.16. The Hall–Kier alpha value is -1.58. The van der Waals surface area contributed by atoms with Crippen molar-refractivity contribution in [1.29, 1.82) is 0 Å². The second-order valence-electron chi connectivity index (χ2n) is 4.81. The van der Waals surface area contributed by atoms with Gasteiger partial charge < -0.3 is 10.5 Å². The molecule has 0 saturated heterocycles. The summed E-state index contributed by atoms with van der Waals surface area (Å²) in [5.41, 5.74) is 6.50. The summed E-state index contributed by atoms with van der Waals surface area (Å²) in [4.78, 5) is 15.7. The summed E-state index contributed by atoms with van der Waals surface area (Å²) < 4.78 is 5.47. The van der Waals surface area contributed by atoms with Gasteiger partial charge >= 0.3 is 5.97 Å². The lowest BCUT2D eigenvalue weighted by molar-refractivity contribution is 0.0155. The van der Waals surface area contributed by atoms with Crippen LogP contribution in [0.5, 0.6) is 0 Å². The third-order valence-electron chi connectivity index (χ3n) is 3.16. The van der Waals surface area contributed by atoms with Gasteiger partial charge in [0, 0.05) is 12.4 Å². The van der Waals surface area contributed by atoms with E-state index in [1.165, 1.54) is 18.8 Å². The van der Waals surface area contributed by atoms with Gasteiger partial charge in [-0.3, -0.25) is 4.98 Å². The number of nitrogen functional groups attached to an aromatic ring is 1. The zero-order chi connectivity index (χ0) is 12.3. The highest BCUT2D eigenvalue weighted by Crippen LogP contribution is 2.26. The van der Waals surface area contributed by atoms with E-state index in [2.05, 4.69) is 11.9 Å². The van der Waals surface area contributed by atoms with Gasteiger partial charge in [0.1, 0.15) is 6.10 Å². The number of nitrogens with zero attached hydrogens (tertiary/aromatic N) is 1. The first-order valence-electron chi connectivity index (χ1n) is 6.06. The molecule has 0 aliphatic heterocycles. The number of hydrogen-bond donors (Lipinski definition) is 1. The maximum Gasteiger partial charge on any atom is 0.340 e. The number of nitrogens with two attached hydrogens (primary N) is 1. The number of pyridine rings is 1. The van der Waals surface area contributed by atoms with E-state index in [1.807, 2.05) is 0 Å². The molecule has 2 atom stereocenters. The van der Waals surface area contributed by atoms with Crippen LogP contribution in [0.15, 0.2) is 18.5 Å². The molecular formula is C13H18N2O2. The molecule has 1 saturated carbocycles. The molecule has 2 rings (SSSR count). The average molecular weight is 234 g/mol. The van der Waals surface area contributed by atoms with Crippen LogP contribution in [0.3, 0.4) is 0 Å². The molecule has 4 heteroatoms. The molecule has 1 aliphatic carbocycles. The topological polar surface area (TPSA) is 65.2 Å². The number of carbonyl (C=O) groups is 1. The molecule has 1 heterocycles. The van der Waals surface area contributed by atoms with Gasteiger partial charge in [-0.15, -0.1) is 0 Å². The van der Waals surface area contributed by atoms with Gasteiger partial charge in [0.25, 0.3) is 0 Å². The van der Waals surface area contributed by atoms with Crippen LogP contribution in [0.2, 0.25) is 0 Å². The largest absolute Gasteiger partial charge is 0.459 e. The van der Waals surface area contributed by atoms with Crippen LogP contribution in [-0.4, -0.2) is 17.1 Å². The first kappa shape index (κ1) is 11.9. The lowest BCUT2D eigenvalue weighted by Gasteiger charge is -2.26. The van der Waals surface area contributed by atoms with Crippen molar-refractivity contribution < 1.29 is 9.53 Å². The summed E-state index contributed by atoms with van der Waals surface area (Å²) in [6, 6.07) is 1.60. The van der Waals surface area contributed by atoms with Crippen LogP contribution in [-0.2, 0) is 4.74 Å². The van der Waals surface area contributed by atoms with Crippen molar-refractivity contribution in [1.82, 2.24) is 4.98 Å². The Morgan fingerprint density at radius 1 is 1.47 bits per heavy atom. The molecule has 0 bridgehead atoms. The summed E-state index contributed by atoms with van der Waals surface area (Å²) >= 11 is 0. The minimum Gasteiger partial charge on any atom is -0.459 e. The monoisotopic (exact) mass is 234 g/mol. The van der Waals surface area contributed by atoms with Crippen molar-refractivity contribution >= 4 is 11.7 Å². The molecule has 4 nitrogen and oxygen atoms in total. The number of carbonyl (C=O) groups excluding carboxylic acids is 1. The lowest BCUT2D eigenvalue weighted by atomic mass is 9.89. The van der Waals surface area contributed by atoms with Gasteiger partial charge in [0.15, 0.2) is 0 Å². The Kier molecular flexibility index (Phi) is 3.61.